The van der Waals surface area contributed by atoms with Crippen molar-refractivity contribution in [2.45, 2.75) is 0 Å². The maximum absolute atomic E-state index is 12.8. The van der Waals surface area contributed by atoms with Gasteiger partial charge in [-0.2, -0.15) is 0 Å². The van der Waals surface area contributed by atoms with E-state index in [9.17, 15) is 4.79 Å². The number of nitrogens with zero attached hydrogens (tertiary/aromatic N) is 3. The number of anilines is 1. The number of likely N-dealkylation sites (N-methyl/N-ethyl adjacent to an activating group) is 1. The van der Waals surface area contributed by atoms with Crippen molar-refractivity contribution in [3.05, 3.63) is 42.4 Å². The number of carbonyl (C=O) groups excluding carboxylic acids is 1. The molecule has 0 aliphatic carbocycles. The smallest absolute Gasteiger partial charge is 0.295 e. The fourth-order valence-electron chi connectivity index (χ4n) is 2.25. The van der Waals surface area contributed by atoms with Crippen molar-refractivity contribution in [3.63, 3.8) is 0 Å². The zero-order valence-electron chi connectivity index (χ0n) is 13.9. The van der Waals surface area contributed by atoms with Gasteiger partial charge in [0, 0.05) is 19.2 Å². The minimum absolute atomic E-state index is 0.187. The van der Waals surface area contributed by atoms with Gasteiger partial charge in [-0.3, -0.25) is 9.69 Å². The molecular formula is C17H19N3O3S. The molecule has 2 heterocycles. The lowest BCUT2D eigenvalue weighted by Crippen LogP contribution is -2.36. The Hall–Kier alpha value is -2.38. The van der Waals surface area contributed by atoms with Gasteiger partial charge >= 0.3 is 0 Å². The van der Waals surface area contributed by atoms with Crippen molar-refractivity contribution in [3.8, 4) is 5.75 Å². The Morgan fingerprint density at radius 3 is 2.79 bits per heavy atom. The molecule has 0 saturated carbocycles. The number of hydrogen-bond acceptors (Lipinski definition) is 6. The Balaban J connectivity index is 1.96. The Bertz CT molecular complexity index is 827. The predicted molar refractivity (Wildman–Crippen MR) is 95.1 cm³/mol. The Morgan fingerprint density at radius 2 is 2.12 bits per heavy atom. The summed E-state index contributed by atoms with van der Waals surface area (Å²) in [5.41, 5.74) is 0.816. The van der Waals surface area contributed by atoms with Gasteiger partial charge in [-0.05, 0) is 38.4 Å². The van der Waals surface area contributed by atoms with E-state index in [4.69, 9.17) is 9.15 Å². The number of carbonyl (C=O) groups is 1. The molecule has 0 aliphatic heterocycles. The largest absolute Gasteiger partial charge is 0.497 e. The van der Waals surface area contributed by atoms with Gasteiger partial charge in [0.2, 0.25) is 0 Å². The van der Waals surface area contributed by atoms with Crippen molar-refractivity contribution >= 4 is 32.6 Å². The highest BCUT2D eigenvalue weighted by molar-refractivity contribution is 7.22. The second-order valence-electron chi connectivity index (χ2n) is 5.57. The molecule has 0 aliphatic rings. The molecule has 0 spiro atoms. The number of benzene rings is 1. The number of furan rings is 1. The van der Waals surface area contributed by atoms with Crippen LogP contribution in [-0.4, -0.2) is 50.1 Å². The maximum atomic E-state index is 12.8. The highest BCUT2D eigenvalue weighted by Crippen LogP contribution is 2.31. The van der Waals surface area contributed by atoms with Crippen LogP contribution in [0.15, 0.2) is 41.0 Å². The molecule has 7 heteroatoms. The topological polar surface area (TPSA) is 58.8 Å². The van der Waals surface area contributed by atoms with Gasteiger partial charge in [-0.25, -0.2) is 4.98 Å². The maximum Gasteiger partial charge on any atom is 0.295 e. The fourth-order valence-corrected chi connectivity index (χ4v) is 3.23. The number of fused-ring (bicyclic) bond motifs is 1. The average Bonchev–Trinajstić information content (AvgIpc) is 3.23. The molecule has 0 saturated heterocycles. The van der Waals surface area contributed by atoms with Crippen LogP contribution in [0.2, 0.25) is 0 Å². The minimum atomic E-state index is -0.187. The molecule has 6 nitrogen and oxygen atoms in total. The fraction of sp³-hybridized carbons (Fsp3) is 0.294. The number of thiazole rings is 1. The Kier molecular flexibility index (Phi) is 4.82. The van der Waals surface area contributed by atoms with E-state index >= 15 is 0 Å². The van der Waals surface area contributed by atoms with E-state index in [-0.39, 0.29) is 5.91 Å². The first-order valence-electron chi connectivity index (χ1n) is 7.53. The number of hydrogen-bond donors (Lipinski definition) is 0. The Morgan fingerprint density at radius 1 is 1.29 bits per heavy atom. The normalized spacial score (nSPS) is 11.2. The molecule has 1 aromatic carbocycles. The lowest BCUT2D eigenvalue weighted by atomic mass is 10.3. The summed E-state index contributed by atoms with van der Waals surface area (Å²) in [7, 11) is 5.57. The van der Waals surface area contributed by atoms with E-state index in [1.54, 1.807) is 24.1 Å². The molecule has 1 amide bonds. The summed E-state index contributed by atoms with van der Waals surface area (Å²) in [6.45, 7) is 1.26. The lowest BCUT2D eigenvalue weighted by molar-refractivity contribution is 0.0958. The van der Waals surface area contributed by atoms with Crippen LogP contribution in [0.1, 0.15) is 10.6 Å². The van der Waals surface area contributed by atoms with Crippen LogP contribution in [0.3, 0.4) is 0 Å². The number of rotatable bonds is 6. The summed E-state index contributed by atoms with van der Waals surface area (Å²) in [4.78, 5) is 21.1. The number of ether oxygens (including phenoxy) is 1. The van der Waals surface area contributed by atoms with Crippen LogP contribution < -0.4 is 9.64 Å². The third-order valence-electron chi connectivity index (χ3n) is 3.56. The number of amides is 1. The molecule has 24 heavy (non-hydrogen) atoms. The first-order valence-corrected chi connectivity index (χ1v) is 8.35. The molecular weight excluding hydrogens is 326 g/mol. The SMILES string of the molecule is COc1ccc2sc(N(CCN(C)C)C(=O)c3ccco3)nc2c1. The molecule has 0 N–H and O–H groups in total. The van der Waals surface area contributed by atoms with Gasteiger partial charge < -0.3 is 14.1 Å². The zero-order chi connectivity index (χ0) is 17.1. The third kappa shape index (κ3) is 3.42. The van der Waals surface area contributed by atoms with Crippen molar-refractivity contribution in [2.24, 2.45) is 0 Å². The van der Waals surface area contributed by atoms with Crippen LogP contribution in [0.4, 0.5) is 5.13 Å². The molecule has 0 radical (unpaired) electrons. The second-order valence-corrected chi connectivity index (χ2v) is 6.58. The van der Waals surface area contributed by atoms with E-state index in [1.807, 2.05) is 37.2 Å². The third-order valence-corrected chi connectivity index (χ3v) is 4.62. The van der Waals surface area contributed by atoms with Crippen LogP contribution in [0, 0.1) is 0 Å². The summed E-state index contributed by atoms with van der Waals surface area (Å²) >= 11 is 1.48. The number of aromatic nitrogens is 1. The van der Waals surface area contributed by atoms with Crippen molar-refractivity contribution < 1.29 is 13.9 Å². The average molecular weight is 345 g/mol. The minimum Gasteiger partial charge on any atom is -0.497 e. The summed E-state index contributed by atoms with van der Waals surface area (Å²) in [5, 5.41) is 0.654. The second kappa shape index (κ2) is 7.02. The summed E-state index contributed by atoms with van der Waals surface area (Å²) < 4.78 is 11.5. The summed E-state index contributed by atoms with van der Waals surface area (Å²) in [5.74, 6) is 0.870. The molecule has 2 aromatic heterocycles. The van der Waals surface area contributed by atoms with Crippen LogP contribution in [0.25, 0.3) is 10.2 Å². The van der Waals surface area contributed by atoms with Gasteiger partial charge in [0.25, 0.3) is 5.91 Å². The highest BCUT2D eigenvalue weighted by Gasteiger charge is 2.23. The summed E-state index contributed by atoms with van der Waals surface area (Å²) in [6, 6.07) is 9.10. The monoisotopic (exact) mass is 345 g/mol. The van der Waals surface area contributed by atoms with Crippen LogP contribution in [0.5, 0.6) is 5.75 Å². The number of methoxy groups -OCH3 is 1. The van der Waals surface area contributed by atoms with Crippen LogP contribution >= 0.6 is 11.3 Å². The van der Waals surface area contributed by atoms with E-state index in [2.05, 4.69) is 4.98 Å². The quantitative estimate of drug-likeness (QED) is 0.687. The van der Waals surface area contributed by atoms with E-state index in [1.165, 1.54) is 17.6 Å². The van der Waals surface area contributed by atoms with Crippen LogP contribution in [-0.2, 0) is 0 Å². The van der Waals surface area contributed by atoms with Gasteiger partial charge in [-0.1, -0.05) is 11.3 Å². The van der Waals surface area contributed by atoms with Gasteiger partial charge in [0.1, 0.15) is 5.75 Å². The van der Waals surface area contributed by atoms with Gasteiger partial charge in [0.15, 0.2) is 10.9 Å². The Labute approximate surface area is 144 Å². The molecule has 0 atom stereocenters. The molecule has 0 unspecified atom stereocenters. The molecule has 126 valence electrons. The molecule has 0 fully saturated rings. The lowest BCUT2D eigenvalue weighted by Gasteiger charge is -2.20. The predicted octanol–water partition coefficient (Wildman–Crippen LogP) is 3.11. The van der Waals surface area contributed by atoms with E-state index in [0.717, 1.165) is 22.5 Å². The first-order chi connectivity index (χ1) is 11.6. The molecule has 0 bridgehead atoms. The van der Waals surface area contributed by atoms with Gasteiger partial charge in [-0.15, -0.1) is 0 Å². The van der Waals surface area contributed by atoms with Gasteiger partial charge in [0.05, 0.1) is 23.6 Å². The van der Waals surface area contributed by atoms with Crippen molar-refractivity contribution in [1.82, 2.24) is 9.88 Å². The molecule has 3 rings (SSSR count). The van der Waals surface area contributed by atoms with E-state index < -0.39 is 0 Å². The van der Waals surface area contributed by atoms with E-state index in [0.29, 0.717) is 17.4 Å². The standard InChI is InChI=1S/C17H19N3O3S/c1-19(2)8-9-20(16(21)14-5-4-10-23-14)17-18-13-11-12(22-3)6-7-15(13)24-17/h4-7,10-11H,8-9H2,1-3H3. The summed E-state index contributed by atoms with van der Waals surface area (Å²) in [6.07, 6.45) is 1.50. The molecule has 3 aromatic rings. The highest BCUT2D eigenvalue weighted by atomic mass is 32.1. The first kappa shape index (κ1) is 16.5. The van der Waals surface area contributed by atoms with Crippen molar-refractivity contribution in [1.29, 1.82) is 0 Å². The zero-order valence-corrected chi connectivity index (χ0v) is 14.7. The van der Waals surface area contributed by atoms with Crippen molar-refractivity contribution in [2.75, 3.05) is 39.2 Å².